The number of amides is 1. The maximum Gasteiger partial charge on any atom is 0.328 e. The van der Waals surface area contributed by atoms with Gasteiger partial charge in [0, 0.05) is 19.0 Å². The summed E-state index contributed by atoms with van der Waals surface area (Å²) in [5.41, 5.74) is 0.0337. The van der Waals surface area contributed by atoms with Crippen LogP contribution in [0.2, 0.25) is 0 Å². The fourth-order valence-corrected chi connectivity index (χ4v) is 2.38. The molecule has 7 heteroatoms. The highest BCUT2D eigenvalue weighted by molar-refractivity contribution is 5.86. The van der Waals surface area contributed by atoms with Crippen molar-refractivity contribution in [1.29, 1.82) is 0 Å². The largest absolute Gasteiger partial charge is 0.467 e. The average molecular weight is 299 g/mol. The Bertz CT molecular complexity index is 564. The first-order valence-corrected chi connectivity index (χ1v) is 6.41. The van der Waals surface area contributed by atoms with Gasteiger partial charge in [-0.3, -0.25) is 4.79 Å². The van der Waals surface area contributed by atoms with Gasteiger partial charge < -0.3 is 14.7 Å². The Hall–Kier alpha value is -2.02. The Kier molecular flexibility index (Phi) is 4.52. The van der Waals surface area contributed by atoms with Crippen molar-refractivity contribution in [2.45, 2.75) is 25.0 Å². The molecule has 0 aliphatic carbocycles. The number of nitrogens with zero attached hydrogens (tertiary/aromatic N) is 1. The number of ether oxygens (including phenoxy) is 1. The van der Waals surface area contributed by atoms with Crippen LogP contribution in [-0.4, -0.2) is 47.7 Å². The number of carbonyl (C=O) groups excluding carboxylic acids is 2. The summed E-state index contributed by atoms with van der Waals surface area (Å²) in [6, 6.07) is 2.06. The number of hydrogen-bond acceptors (Lipinski definition) is 4. The van der Waals surface area contributed by atoms with Gasteiger partial charge in [0.05, 0.1) is 19.6 Å². The van der Waals surface area contributed by atoms with Crippen molar-refractivity contribution in [2.24, 2.45) is 0 Å². The molecule has 0 radical (unpaired) electrons. The summed E-state index contributed by atoms with van der Waals surface area (Å²) in [6.45, 7) is -0.0125. The van der Waals surface area contributed by atoms with E-state index in [-0.39, 0.29) is 24.9 Å². The van der Waals surface area contributed by atoms with Crippen LogP contribution in [0.4, 0.5) is 8.78 Å². The molecule has 5 nitrogen and oxygen atoms in total. The summed E-state index contributed by atoms with van der Waals surface area (Å²) >= 11 is 0. The van der Waals surface area contributed by atoms with Crippen LogP contribution in [0, 0.1) is 11.6 Å². The molecule has 1 fully saturated rings. The van der Waals surface area contributed by atoms with E-state index in [0.717, 1.165) is 6.07 Å². The number of aliphatic hydroxyl groups is 1. The molecule has 1 aliphatic heterocycles. The Labute approximate surface area is 120 Å². The molecule has 114 valence electrons. The number of carbonyl (C=O) groups is 2. The first-order valence-electron chi connectivity index (χ1n) is 6.41. The summed E-state index contributed by atoms with van der Waals surface area (Å²) in [5.74, 6) is -2.70. The Morgan fingerprint density at radius 1 is 1.43 bits per heavy atom. The van der Waals surface area contributed by atoms with E-state index in [9.17, 15) is 23.5 Å². The molecule has 0 aromatic heterocycles. The van der Waals surface area contributed by atoms with Crippen LogP contribution < -0.4 is 0 Å². The molecule has 0 spiro atoms. The fraction of sp³-hybridized carbons (Fsp3) is 0.429. The van der Waals surface area contributed by atoms with Crippen LogP contribution in [0.1, 0.15) is 12.0 Å². The average Bonchev–Trinajstić information content (AvgIpc) is 2.83. The highest BCUT2D eigenvalue weighted by Gasteiger charge is 2.39. The molecule has 1 N–H and O–H groups in total. The number of likely N-dealkylation sites (tertiary alicyclic amines) is 1. The van der Waals surface area contributed by atoms with Crippen molar-refractivity contribution in [2.75, 3.05) is 13.7 Å². The predicted molar refractivity (Wildman–Crippen MR) is 68.2 cm³/mol. The SMILES string of the molecule is COC(=O)C1CC(O)CN1C(=O)Cc1ccc(F)cc1F. The molecule has 1 heterocycles. The first-order chi connectivity index (χ1) is 9.92. The lowest BCUT2D eigenvalue weighted by Crippen LogP contribution is -2.42. The third-order valence-electron chi connectivity index (χ3n) is 3.43. The lowest BCUT2D eigenvalue weighted by molar-refractivity contribution is -0.150. The fourth-order valence-electron chi connectivity index (χ4n) is 2.38. The molecule has 0 saturated carbocycles. The van der Waals surface area contributed by atoms with Crippen LogP contribution in [0.15, 0.2) is 18.2 Å². The Morgan fingerprint density at radius 3 is 2.76 bits per heavy atom. The molecule has 1 saturated heterocycles. The molecule has 1 aromatic carbocycles. The summed E-state index contributed by atoms with van der Waals surface area (Å²) in [7, 11) is 1.19. The molecular weight excluding hydrogens is 284 g/mol. The summed E-state index contributed by atoms with van der Waals surface area (Å²) in [6.07, 6.45) is -1.05. The lowest BCUT2D eigenvalue weighted by atomic mass is 10.1. The molecule has 21 heavy (non-hydrogen) atoms. The van der Waals surface area contributed by atoms with Crippen LogP contribution in [0.25, 0.3) is 0 Å². The maximum atomic E-state index is 13.5. The quantitative estimate of drug-likeness (QED) is 0.832. The minimum Gasteiger partial charge on any atom is -0.467 e. The van der Waals surface area contributed by atoms with Gasteiger partial charge in [-0.2, -0.15) is 0 Å². The number of benzene rings is 1. The molecule has 2 unspecified atom stereocenters. The Morgan fingerprint density at radius 2 is 2.14 bits per heavy atom. The van der Waals surface area contributed by atoms with Gasteiger partial charge in [-0.05, 0) is 11.6 Å². The molecule has 1 amide bonds. The number of halogens is 2. The second kappa shape index (κ2) is 6.17. The number of hydrogen-bond donors (Lipinski definition) is 1. The van der Waals surface area contributed by atoms with E-state index in [4.69, 9.17) is 0 Å². The van der Waals surface area contributed by atoms with Crippen molar-refractivity contribution < 1.29 is 28.2 Å². The highest BCUT2D eigenvalue weighted by Crippen LogP contribution is 2.21. The van der Waals surface area contributed by atoms with Crippen molar-refractivity contribution in [1.82, 2.24) is 4.90 Å². The van der Waals surface area contributed by atoms with E-state index in [1.165, 1.54) is 18.1 Å². The lowest BCUT2D eigenvalue weighted by Gasteiger charge is -2.22. The van der Waals surface area contributed by atoms with E-state index in [1.54, 1.807) is 0 Å². The van der Waals surface area contributed by atoms with E-state index >= 15 is 0 Å². The maximum absolute atomic E-state index is 13.5. The number of aliphatic hydroxyl groups excluding tert-OH is 1. The van der Waals surface area contributed by atoms with Crippen LogP contribution in [0.5, 0.6) is 0 Å². The van der Waals surface area contributed by atoms with Crippen molar-refractivity contribution in [3.63, 3.8) is 0 Å². The van der Waals surface area contributed by atoms with E-state index in [1.807, 2.05) is 0 Å². The van der Waals surface area contributed by atoms with E-state index < -0.39 is 35.7 Å². The van der Waals surface area contributed by atoms with E-state index in [0.29, 0.717) is 6.07 Å². The number of esters is 1. The van der Waals surface area contributed by atoms with Gasteiger partial charge in [0.1, 0.15) is 17.7 Å². The standard InChI is InChI=1S/C14H15F2NO4/c1-21-14(20)12-6-10(18)7-17(12)13(19)4-8-2-3-9(15)5-11(8)16/h2-3,5,10,12,18H,4,6-7H2,1H3. The molecule has 2 atom stereocenters. The van der Waals surface area contributed by atoms with Gasteiger partial charge in [0.2, 0.25) is 5.91 Å². The summed E-state index contributed by atoms with van der Waals surface area (Å²) in [5, 5.41) is 9.60. The second-order valence-corrected chi connectivity index (χ2v) is 4.89. The topological polar surface area (TPSA) is 66.8 Å². The highest BCUT2D eigenvalue weighted by atomic mass is 19.1. The van der Waals surface area contributed by atoms with Gasteiger partial charge in [-0.25, -0.2) is 13.6 Å². The second-order valence-electron chi connectivity index (χ2n) is 4.89. The number of rotatable bonds is 3. The van der Waals surface area contributed by atoms with Crippen molar-refractivity contribution in [3.8, 4) is 0 Å². The number of β-amino-alcohol motifs (C(OH)–C–C–N with tert-alkyl or cyclic N) is 1. The van der Waals surface area contributed by atoms with Crippen LogP contribution >= 0.6 is 0 Å². The van der Waals surface area contributed by atoms with Crippen LogP contribution in [0.3, 0.4) is 0 Å². The van der Waals surface area contributed by atoms with Crippen LogP contribution in [-0.2, 0) is 20.7 Å². The zero-order valence-electron chi connectivity index (χ0n) is 11.4. The summed E-state index contributed by atoms with van der Waals surface area (Å²) in [4.78, 5) is 24.9. The van der Waals surface area contributed by atoms with Crippen molar-refractivity contribution >= 4 is 11.9 Å². The third kappa shape index (κ3) is 3.36. The smallest absolute Gasteiger partial charge is 0.328 e. The van der Waals surface area contributed by atoms with Gasteiger partial charge in [-0.1, -0.05) is 6.07 Å². The Balaban J connectivity index is 2.13. The summed E-state index contributed by atoms with van der Waals surface area (Å²) < 4.78 is 31.0. The molecular formula is C14H15F2NO4. The monoisotopic (exact) mass is 299 g/mol. The van der Waals surface area contributed by atoms with Gasteiger partial charge in [-0.15, -0.1) is 0 Å². The van der Waals surface area contributed by atoms with Crippen molar-refractivity contribution in [3.05, 3.63) is 35.4 Å². The first kappa shape index (κ1) is 15.4. The molecule has 1 aromatic rings. The molecule has 0 bridgehead atoms. The zero-order valence-corrected chi connectivity index (χ0v) is 11.4. The van der Waals surface area contributed by atoms with E-state index in [2.05, 4.69) is 4.74 Å². The zero-order chi connectivity index (χ0) is 15.6. The minimum absolute atomic E-state index is 0.0125. The molecule has 1 aliphatic rings. The molecule has 2 rings (SSSR count). The van der Waals surface area contributed by atoms with Gasteiger partial charge in [0.25, 0.3) is 0 Å². The van der Waals surface area contributed by atoms with Gasteiger partial charge >= 0.3 is 5.97 Å². The predicted octanol–water partition coefficient (Wildman–Crippen LogP) is 0.642. The number of methoxy groups -OCH3 is 1. The minimum atomic E-state index is -0.874. The third-order valence-corrected chi connectivity index (χ3v) is 3.43. The van der Waals surface area contributed by atoms with Gasteiger partial charge in [0.15, 0.2) is 0 Å². The normalized spacial score (nSPS) is 21.4.